The molecule has 2 aliphatic rings. The molecule has 0 saturated carbocycles. The van der Waals surface area contributed by atoms with Crippen molar-refractivity contribution in [1.29, 1.82) is 0 Å². The van der Waals surface area contributed by atoms with Gasteiger partial charge in [-0.1, -0.05) is 11.6 Å². The Morgan fingerprint density at radius 1 is 1.14 bits per heavy atom. The highest BCUT2D eigenvalue weighted by Crippen LogP contribution is 2.29. The van der Waals surface area contributed by atoms with Crippen LogP contribution in [0.15, 0.2) is 0 Å². The Kier molecular flexibility index (Phi) is 2.51. The van der Waals surface area contributed by atoms with E-state index in [1.807, 2.05) is 6.92 Å². The number of fused-ring (bicyclic) bond motifs is 1. The van der Waals surface area contributed by atoms with Crippen LogP contribution < -0.4 is 0 Å². The molecule has 2 heterocycles. The van der Waals surface area contributed by atoms with Gasteiger partial charge in [-0.25, -0.2) is 4.98 Å². The van der Waals surface area contributed by atoms with Crippen molar-refractivity contribution in [2.24, 2.45) is 0 Å². The van der Waals surface area contributed by atoms with E-state index in [1.54, 1.807) is 4.57 Å². The van der Waals surface area contributed by atoms with Crippen molar-refractivity contribution >= 4 is 34.8 Å². The van der Waals surface area contributed by atoms with Gasteiger partial charge in [0.05, 0.1) is 0 Å². The topological polar surface area (TPSA) is 43.6 Å². The maximum atomic E-state index is 6.04. The number of imidazole rings is 1. The lowest BCUT2D eigenvalue weighted by Gasteiger charge is -2.09. The fourth-order valence-electron chi connectivity index (χ4n) is 1.15. The minimum atomic E-state index is 0.124. The summed E-state index contributed by atoms with van der Waals surface area (Å²) in [6.07, 6.45) is 0. The Labute approximate surface area is 95.2 Å². The minimum Gasteiger partial charge on any atom is -0.305 e. The van der Waals surface area contributed by atoms with Crippen molar-refractivity contribution in [1.82, 2.24) is 19.5 Å². The molecular formula is C7H5Cl3N4. The van der Waals surface area contributed by atoms with E-state index >= 15 is 0 Å². The average molecular weight is 252 g/mol. The largest absolute Gasteiger partial charge is 0.305 e. The Morgan fingerprint density at radius 3 is 2.50 bits per heavy atom. The number of halogens is 3. The summed E-state index contributed by atoms with van der Waals surface area (Å²) in [5.41, 5.74) is 0.475. The first kappa shape index (κ1) is 9.96. The summed E-state index contributed by atoms with van der Waals surface area (Å²) in [4.78, 5) is 11.8. The Bertz CT molecular complexity index is 453. The van der Waals surface area contributed by atoms with Crippen LogP contribution in [0.3, 0.4) is 0 Å². The average Bonchev–Trinajstić information content (AvgIpc) is 2.47. The van der Waals surface area contributed by atoms with Gasteiger partial charge in [0.15, 0.2) is 5.82 Å². The van der Waals surface area contributed by atoms with Gasteiger partial charge in [0, 0.05) is 6.54 Å². The normalized spacial score (nSPS) is 11.1. The molecule has 0 aliphatic carbocycles. The van der Waals surface area contributed by atoms with Crippen molar-refractivity contribution in [2.45, 2.75) is 13.5 Å². The maximum absolute atomic E-state index is 6.04. The predicted molar refractivity (Wildman–Crippen MR) is 55.1 cm³/mol. The molecule has 0 N–H and O–H groups in total. The molecule has 74 valence electrons. The summed E-state index contributed by atoms with van der Waals surface area (Å²) >= 11 is 17.5. The van der Waals surface area contributed by atoms with E-state index < -0.39 is 0 Å². The molecule has 0 aromatic heterocycles. The molecule has 0 unspecified atom stereocenters. The Hall–Kier alpha value is -0.580. The van der Waals surface area contributed by atoms with E-state index in [-0.39, 0.29) is 10.6 Å². The molecule has 2 aliphatic heterocycles. The van der Waals surface area contributed by atoms with Crippen LogP contribution in [0.2, 0.25) is 15.7 Å². The van der Waals surface area contributed by atoms with Gasteiger partial charge in [0.25, 0.3) is 0 Å². The molecule has 0 amide bonds. The zero-order valence-electron chi connectivity index (χ0n) is 7.13. The SMILES string of the molecule is CCn1c(Cl)nc2nc(Cl)nc-2c1Cl. The number of hydrogen-bond donors (Lipinski definition) is 0. The second-order valence-electron chi connectivity index (χ2n) is 2.58. The lowest BCUT2D eigenvalue weighted by Crippen LogP contribution is -2.05. The van der Waals surface area contributed by atoms with Crippen molar-refractivity contribution < 1.29 is 0 Å². The summed E-state index contributed by atoms with van der Waals surface area (Å²) < 4.78 is 1.62. The van der Waals surface area contributed by atoms with Crippen LogP contribution in [0.4, 0.5) is 0 Å². The quantitative estimate of drug-likeness (QED) is 0.445. The highest BCUT2D eigenvalue weighted by molar-refractivity contribution is 6.34. The Balaban J connectivity index is 2.79. The van der Waals surface area contributed by atoms with Crippen molar-refractivity contribution in [3.8, 4) is 11.5 Å². The first-order valence-electron chi connectivity index (χ1n) is 3.88. The molecule has 0 aromatic rings. The van der Waals surface area contributed by atoms with E-state index in [1.165, 1.54) is 0 Å². The van der Waals surface area contributed by atoms with Crippen LogP contribution >= 0.6 is 34.8 Å². The van der Waals surface area contributed by atoms with Gasteiger partial charge in [-0.15, -0.1) is 0 Å². The highest BCUT2D eigenvalue weighted by atomic mass is 35.5. The first-order chi connectivity index (χ1) is 6.63. The Morgan fingerprint density at radius 2 is 1.86 bits per heavy atom. The third kappa shape index (κ3) is 1.43. The summed E-state index contributed by atoms with van der Waals surface area (Å²) in [5, 5.41) is 0.808. The van der Waals surface area contributed by atoms with Crippen molar-refractivity contribution in [3.63, 3.8) is 0 Å². The zero-order valence-corrected chi connectivity index (χ0v) is 9.40. The molecule has 7 heteroatoms. The number of aromatic nitrogens is 4. The predicted octanol–water partition coefficient (Wildman–Crippen LogP) is 2.76. The van der Waals surface area contributed by atoms with Gasteiger partial charge < -0.3 is 4.57 Å². The maximum Gasteiger partial charge on any atom is 0.225 e. The van der Waals surface area contributed by atoms with Gasteiger partial charge in [-0.2, -0.15) is 9.97 Å². The third-order valence-electron chi connectivity index (χ3n) is 1.78. The molecule has 4 nitrogen and oxygen atoms in total. The van der Waals surface area contributed by atoms with Crippen LogP contribution in [-0.4, -0.2) is 19.5 Å². The molecule has 0 spiro atoms. The second kappa shape index (κ2) is 3.53. The lowest BCUT2D eigenvalue weighted by molar-refractivity contribution is 0.735. The highest BCUT2D eigenvalue weighted by Gasteiger charge is 2.19. The van der Waals surface area contributed by atoms with E-state index in [0.29, 0.717) is 23.2 Å². The fraction of sp³-hybridized carbons (Fsp3) is 0.286. The molecule has 0 aromatic carbocycles. The number of rotatable bonds is 1. The summed E-state index contributed by atoms with van der Waals surface area (Å²) in [7, 11) is 0. The summed E-state index contributed by atoms with van der Waals surface area (Å²) in [5.74, 6) is 0.370. The smallest absolute Gasteiger partial charge is 0.225 e. The van der Waals surface area contributed by atoms with Gasteiger partial charge in [0.2, 0.25) is 10.6 Å². The molecule has 14 heavy (non-hydrogen) atoms. The van der Waals surface area contributed by atoms with Crippen LogP contribution in [0, 0.1) is 0 Å². The standard InChI is InChI=1S/C7H5Cl3N4/c1-2-14-4(8)3-5(13-7(14)10)12-6(9)11-3/h2H2,1H3. The number of nitrogens with zero attached hydrogens (tertiary/aromatic N) is 4. The second-order valence-corrected chi connectivity index (χ2v) is 3.61. The van der Waals surface area contributed by atoms with Crippen molar-refractivity contribution in [3.05, 3.63) is 15.7 Å². The first-order valence-corrected chi connectivity index (χ1v) is 5.01. The zero-order chi connectivity index (χ0) is 10.3. The molecular weight excluding hydrogens is 246 g/mol. The van der Waals surface area contributed by atoms with E-state index in [2.05, 4.69) is 15.0 Å². The van der Waals surface area contributed by atoms with Gasteiger partial charge in [0.1, 0.15) is 10.8 Å². The molecule has 0 bridgehead atoms. The molecule has 0 fully saturated rings. The minimum absolute atomic E-state index is 0.124. The van der Waals surface area contributed by atoms with E-state index in [9.17, 15) is 0 Å². The lowest BCUT2D eigenvalue weighted by atomic mass is 10.4. The van der Waals surface area contributed by atoms with Crippen molar-refractivity contribution in [2.75, 3.05) is 0 Å². The van der Waals surface area contributed by atoms with Crippen LogP contribution in [-0.2, 0) is 6.54 Å². The number of hydrogen-bond acceptors (Lipinski definition) is 3. The molecule has 0 radical (unpaired) electrons. The summed E-state index contributed by atoms with van der Waals surface area (Å²) in [6, 6.07) is 0. The summed E-state index contributed by atoms with van der Waals surface area (Å²) in [6.45, 7) is 2.52. The molecule has 2 rings (SSSR count). The van der Waals surface area contributed by atoms with Gasteiger partial charge in [-0.05, 0) is 30.1 Å². The van der Waals surface area contributed by atoms with Gasteiger partial charge in [-0.3, -0.25) is 0 Å². The fourth-order valence-corrected chi connectivity index (χ4v) is 1.97. The van der Waals surface area contributed by atoms with E-state index in [0.717, 1.165) is 0 Å². The van der Waals surface area contributed by atoms with Gasteiger partial charge >= 0.3 is 0 Å². The van der Waals surface area contributed by atoms with Crippen LogP contribution in [0.5, 0.6) is 0 Å². The van der Waals surface area contributed by atoms with E-state index in [4.69, 9.17) is 34.8 Å². The third-order valence-corrected chi connectivity index (χ3v) is 2.62. The molecule has 0 saturated heterocycles. The van der Waals surface area contributed by atoms with Crippen LogP contribution in [0.25, 0.3) is 11.5 Å². The van der Waals surface area contributed by atoms with Crippen LogP contribution in [0.1, 0.15) is 6.92 Å². The monoisotopic (exact) mass is 250 g/mol. The molecule has 0 atom stereocenters.